The molecule has 0 aliphatic carbocycles. The molecule has 1 fully saturated rings. The molecule has 1 aromatic heterocycles. The van der Waals surface area contributed by atoms with Gasteiger partial charge in [0.05, 0.1) is 12.2 Å². The van der Waals surface area contributed by atoms with E-state index in [4.69, 9.17) is 26.5 Å². The Bertz CT molecular complexity index is 1340. The van der Waals surface area contributed by atoms with Crippen molar-refractivity contribution >= 4 is 57.6 Å². The molecule has 0 amide bonds. The van der Waals surface area contributed by atoms with E-state index in [9.17, 15) is 14.2 Å². The Kier molecular flexibility index (Phi) is 12.5. The summed E-state index contributed by atoms with van der Waals surface area (Å²) in [5, 5.41) is 0. The minimum atomic E-state index is -4.18. The summed E-state index contributed by atoms with van der Waals surface area (Å²) >= 11 is 0. The van der Waals surface area contributed by atoms with Gasteiger partial charge in [-0.15, -0.1) is 0 Å². The van der Waals surface area contributed by atoms with Crippen molar-refractivity contribution in [3.8, 4) is 0 Å². The Labute approximate surface area is 277 Å². The summed E-state index contributed by atoms with van der Waals surface area (Å²) in [5.41, 5.74) is -0.449. The van der Waals surface area contributed by atoms with Crippen LogP contribution in [0.25, 0.3) is 0 Å². The third kappa shape index (κ3) is 12.1. The Morgan fingerprint density at radius 2 is 1.20 bits per heavy atom. The monoisotopic (exact) mass is 756 g/mol. The Balaban J connectivity index is 2.97. The standard InChI is InChI=1S/C27H61N2O9PSi6/c1-40(2,3)28-19-21(26(30)29(27(28)31)41(4,5)6)23-25(35-39(32,37-44(13,14)15)38-45(16,17)18)24(36-43(10,11)12)22(34-23)20-33-42(7,8)9/h19,22-25H,20H2,1-18H3/t22-,23+,24-,25+/m1/s1. The number of ether oxygens (including phenoxy) is 1. The molecule has 2 rings (SSSR count). The van der Waals surface area contributed by atoms with Crippen LogP contribution in [0.2, 0.25) is 118 Å². The summed E-state index contributed by atoms with van der Waals surface area (Å²) in [4.78, 5) is 28.2. The van der Waals surface area contributed by atoms with E-state index in [0.29, 0.717) is 0 Å². The summed E-state index contributed by atoms with van der Waals surface area (Å²) in [5.74, 6) is 0. The normalized spacial score (nSPS) is 22.7. The third-order valence-electron chi connectivity index (χ3n) is 6.32. The van der Waals surface area contributed by atoms with Gasteiger partial charge in [-0.2, -0.15) is 0 Å². The molecular formula is C27H61N2O9PSi6. The molecule has 1 saturated heterocycles. The lowest BCUT2D eigenvalue weighted by atomic mass is 10.0. The van der Waals surface area contributed by atoms with Crippen LogP contribution in [-0.4, -0.2) is 83.1 Å². The van der Waals surface area contributed by atoms with Gasteiger partial charge in [-0.25, -0.2) is 9.36 Å². The number of hydrogen-bond acceptors (Lipinski definition) is 9. The fraction of sp³-hybridized carbons (Fsp3) is 0.852. The molecule has 1 aromatic rings. The molecule has 1 aliphatic heterocycles. The van der Waals surface area contributed by atoms with Crippen molar-refractivity contribution < 1.29 is 31.1 Å². The second-order valence-corrected chi connectivity index (χ2v) is 47.5. The SMILES string of the molecule is C[Si](C)(C)OC[C@H]1O[C@@H](c2cn([Si](C)(C)C)c(=O)n([Si](C)(C)C)c2=O)[C@H](OP(=O)(O[Si](C)(C)C)O[Si](C)(C)C)[C@@H]1O[Si](C)(C)C. The van der Waals surface area contributed by atoms with Crippen molar-refractivity contribution in [2.45, 2.75) is 142 Å². The molecule has 0 aromatic carbocycles. The zero-order valence-corrected chi connectivity index (χ0v) is 38.0. The van der Waals surface area contributed by atoms with Gasteiger partial charge < -0.3 is 26.2 Å². The lowest BCUT2D eigenvalue weighted by molar-refractivity contribution is -0.0162. The molecule has 1 aliphatic rings. The Morgan fingerprint density at radius 3 is 1.58 bits per heavy atom. The Hall–Kier alpha value is -0.0287. The smallest absolute Gasteiger partial charge is 0.415 e. The van der Waals surface area contributed by atoms with Crippen LogP contribution in [-0.2, 0) is 31.1 Å². The fourth-order valence-corrected chi connectivity index (χ4v) is 16.0. The second kappa shape index (κ2) is 13.7. The number of rotatable bonds is 14. The zero-order valence-electron chi connectivity index (χ0n) is 31.1. The predicted octanol–water partition coefficient (Wildman–Crippen LogP) is 7.08. The number of aromatic nitrogens is 2. The summed E-state index contributed by atoms with van der Waals surface area (Å²) in [7, 11) is -18.2. The Morgan fingerprint density at radius 1 is 0.711 bits per heavy atom. The molecule has 11 nitrogen and oxygen atoms in total. The first kappa shape index (κ1) is 41.1. The lowest BCUT2D eigenvalue weighted by Gasteiger charge is -2.36. The van der Waals surface area contributed by atoms with E-state index < -0.39 is 87.5 Å². The van der Waals surface area contributed by atoms with E-state index in [2.05, 4.69) is 58.9 Å². The minimum Gasteiger partial charge on any atom is -0.415 e. The molecule has 4 atom stereocenters. The van der Waals surface area contributed by atoms with Crippen molar-refractivity contribution in [2.24, 2.45) is 0 Å². The molecule has 45 heavy (non-hydrogen) atoms. The molecule has 0 bridgehead atoms. The molecule has 0 unspecified atom stereocenters. The largest absolute Gasteiger partial charge is 0.455 e. The van der Waals surface area contributed by atoms with E-state index >= 15 is 0 Å². The lowest BCUT2D eigenvalue weighted by Crippen LogP contribution is -2.57. The highest BCUT2D eigenvalue weighted by Gasteiger charge is 2.54. The van der Waals surface area contributed by atoms with Gasteiger partial charge >= 0.3 is 13.5 Å². The molecule has 0 spiro atoms. The van der Waals surface area contributed by atoms with E-state index in [1.54, 1.807) is 10.4 Å². The average molecular weight is 757 g/mol. The van der Waals surface area contributed by atoms with Crippen LogP contribution in [0.3, 0.4) is 0 Å². The highest BCUT2D eigenvalue weighted by molar-refractivity contribution is 7.52. The highest BCUT2D eigenvalue weighted by atomic mass is 31.2. The quantitative estimate of drug-likeness (QED) is 0.145. The minimum absolute atomic E-state index is 0.213. The van der Waals surface area contributed by atoms with Crippen LogP contribution in [0.1, 0.15) is 11.7 Å². The van der Waals surface area contributed by atoms with Gasteiger partial charge in [0.15, 0.2) is 49.7 Å². The summed E-state index contributed by atoms with van der Waals surface area (Å²) in [6.45, 7) is 36.3. The molecule has 0 radical (unpaired) electrons. The van der Waals surface area contributed by atoms with E-state index in [-0.39, 0.29) is 17.9 Å². The maximum atomic E-state index is 14.7. The van der Waals surface area contributed by atoms with Gasteiger partial charge in [0, 0.05) is 6.20 Å². The van der Waals surface area contributed by atoms with Gasteiger partial charge in [0.2, 0.25) is 0 Å². The van der Waals surface area contributed by atoms with E-state index in [1.807, 2.05) is 58.9 Å². The molecule has 262 valence electrons. The van der Waals surface area contributed by atoms with Crippen LogP contribution in [0, 0.1) is 0 Å². The van der Waals surface area contributed by atoms with Gasteiger partial charge in [0.1, 0.15) is 24.4 Å². The molecule has 0 N–H and O–H groups in total. The van der Waals surface area contributed by atoms with Gasteiger partial charge in [-0.05, 0) is 78.6 Å². The van der Waals surface area contributed by atoms with Crippen LogP contribution in [0.4, 0.5) is 0 Å². The van der Waals surface area contributed by atoms with Gasteiger partial charge in [-0.3, -0.25) is 13.6 Å². The first-order chi connectivity index (χ1) is 19.7. The van der Waals surface area contributed by atoms with E-state index in [1.165, 1.54) is 4.23 Å². The van der Waals surface area contributed by atoms with Crippen LogP contribution < -0.4 is 11.2 Å². The van der Waals surface area contributed by atoms with Gasteiger partial charge in [0.25, 0.3) is 5.56 Å². The average Bonchev–Trinajstić information content (AvgIpc) is 3.02. The van der Waals surface area contributed by atoms with Crippen LogP contribution in [0.15, 0.2) is 15.8 Å². The molecule has 0 saturated carbocycles. The predicted molar refractivity (Wildman–Crippen MR) is 199 cm³/mol. The maximum absolute atomic E-state index is 14.7. The summed E-state index contributed by atoms with van der Waals surface area (Å²) < 4.78 is 56.6. The molecule has 2 heterocycles. The van der Waals surface area contributed by atoms with Gasteiger partial charge in [-0.1, -0.05) is 39.3 Å². The summed E-state index contributed by atoms with van der Waals surface area (Å²) in [6.07, 6.45) is -1.75. The van der Waals surface area contributed by atoms with Crippen LogP contribution in [0.5, 0.6) is 0 Å². The second-order valence-electron chi connectivity index (χ2n) is 17.9. The first-order valence-corrected chi connectivity index (χ1v) is 37.8. The van der Waals surface area contributed by atoms with Crippen molar-refractivity contribution in [3.05, 3.63) is 32.6 Å². The number of phosphoric acid groups is 1. The first-order valence-electron chi connectivity index (χ1n) is 15.8. The zero-order chi connectivity index (χ0) is 35.4. The van der Waals surface area contributed by atoms with Crippen molar-refractivity contribution in [1.29, 1.82) is 0 Å². The summed E-state index contributed by atoms with van der Waals surface area (Å²) in [6, 6.07) is 0. The van der Waals surface area contributed by atoms with Crippen molar-refractivity contribution in [3.63, 3.8) is 0 Å². The van der Waals surface area contributed by atoms with Crippen molar-refractivity contribution in [2.75, 3.05) is 6.61 Å². The highest BCUT2D eigenvalue weighted by Crippen LogP contribution is 2.58. The van der Waals surface area contributed by atoms with Crippen LogP contribution >= 0.6 is 7.82 Å². The maximum Gasteiger partial charge on any atom is 0.455 e. The van der Waals surface area contributed by atoms with Crippen molar-refractivity contribution in [1.82, 2.24) is 8.47 Å². The third-order valence-corrected chi connectivity index (χ3v) is 18.5. The number of nitrogens with zero attached hydrogens (tertiary/aromatic N) is 2. The fourth-order valence-electron chi connectivity index (χ4n) is 4.83. The molecular weight excluding hydrogens is 696 g/mol. The van der Waals surface area contributed by atoms with E-state index in [0.717, 1.165) is 0 Å². The topological polar surface area (TPSA) is 116 Å². The molecule has 18 heteroatoms. The number of hydrogen-bond donors (Lipinski definition) is 0.